The first-order chi connectivity index (χ1) is 14.8. The van der Waals surface area contributed by atoms with Crippen molar-refractivity contribution in [2.45, 2.75) is 44.7 Å². The lowest BCUT2D eigenvalue weighted by atomic mass is 10.0. The highest BCUT2D eigenvalue weighted by Gasteiger charge is 2.20. The molecule has 2 saturated heterocycles. The normalized spacial score (nSPS) is 18.0. The van der Waals surface area contributed by atoms with E-state index in [9.17, 15) is 4.79 Å². The van der Waals surface area contributed by atoms with Gasteiger partial charge in [-0.05, 0) is 37.3 Å². The second kappa shape index (κ2) is 10.4. The average molecular weight is 409 g/mol. The van der Waals surface area contributed by atoms with Gasteiger partial charge in [0.15, 0.2) is 0 Å². The van der Waals surface area contributed by atoms with Gasteiger partial charge in [0.1, 0.15) is 5.82 Å². The number of carbonyl (C=O) groups is 1. The number of aromatic nitrogens is 2. The van der Waals surface area contributed by atoms with E-state index < -0.39 is 0 Å². The summed E-state index contributed by atoms with van der Waals surface area (Å²) in [5.41, 5.74) is 1.38. The Labute approximate surface area is 178 Å². The largest absolute Gasteiger partial charge is 0.367 e. The predicted molar refractivity (Wildman–Crippen MR) is 119 cm³/mol. The number of nitrogens with one attached hydrogen (secondary N) is 2. The molecule has 2 aliphatic heterocycles. The third-order valence-corrected chi connectivity index (χ3v) is 5.90. The van der Waals surface area contributed by atoms with Gasteiger partial charge in [-0.2, -0.15) is 4.98 Å². The average Bonchev–Trinajstić information content (AvgIpc) is 3.18. The summed E-state index contributed by atoms with van der Waals surface area (Å²) in [4.78, 5) is 25.1. The van der Waals surface area contributed by atoms with E-state index in [0.29, 0.717) is 18.4 Å². The van der Waals surface area contributed by atoms with Gasteiger partial charge in [0.2, 0.25) is 11.9 Å². The van der Waals surface area contributed by atoms with E-state index in [4.69, 9.17) is 0 Å². The van der Waals surface area contributed by atoms with Crippen LogP contribution in [0.25, 0.3) is 0 Å². The van der Waals surface area contributed by atoms with Crippen LogP contribution in [0.3, 0.4) is 0 Å². The molecule has 2 aromatic rings. The molecule has 0 bridgehead atoms. The Balaban J connectivity index is 1.17. The maximum Gasteiger partial charge on any atom is 0.224 e. The lowest BCUT2D eigenvalue weighted by Gasteiger charge is -2.32. The van der Waals surface area contributed by atoms with E-state index in [1.165, 1.54) is 5.56 Å². The standard InChI is InChI=1S/C23H32N6O/c30-22-8-4-14-29(22)15-5-12-24-23-25-13-9-21(27-23)26-20-10-16-28(17-11-20)18-19-6-2-1-3-7-19/h1-3,6-7,9,13,20H,4-5,8,10-12,14-18H2,(H2,24,25,26,27). The van der Waals surface area contributed by atoms with E-state index in [0.717, 1.165) is 70.8 Å². The molecule has 1 aromatic carbocycles. The number of hydrogen-bond donors (Lipinski definition) is 2. The molecular formula is C23H32N6O. The molecule has 160 valence electrons. The second-order valence-corrected chi connectivity index (χ2v) is 8.21. The summed E-state index contributed by atoms with van der Waals surface area (Å²) in [6.07, 6.45) is 6.63. The van der Waals surface area contributed by atoms with E-state index >= 15 is 0 Å². The van der Waals surface area contributed by atoms with Gasteiger partial charge in [-0.3, -0.25) is 9.69 Å². The van der Waals surface area contributed by atoms with Crippen molar-refractivity contribution in [3.8, 4) is 0 Å². The highest BCUT2D eigenvalue weighted by Crippen LogP contribution is 2.18. The second-order valence-electron chi connectivity index (χ2n) is 8.21. The van der Waals surface area contributed by atoms with Gasteiger partial charge in [-0.15, -0.1) is 0 Å². The van der Waals surface area contributed by atoms with E-state index in [-0.39, 0.29) is 5.91 Å². The topological polar surface area (TPSA) is 73.4 Å². The molecule has 4 rings (SSSR count). The Morgan fingerprint density at radius 1 is 1.07 bits per heavy atom. The molecule has 0 saturated carbocycles. The van der Waals surface area contributed by atoms with Gasteiger partial charge in [-0.25, -0.2) is 4.98 Å². The van der Waals surface area contributed by atoms with Crippen LogP contribution < -0.4 is 10.6 Å². The molecule has 3 heterocycles. The number of carbonyl (C=O) groups excluding carboxylic acids is 1. The van der Waals surface area contributed by atoms with Gasteiger partial charge in [-0.1, -0.05) is 30.3 Å². The van der Waals surface area contributed by atoms with Crippen LogP contribution in [0.2, 0.25) is 0 Å². The van der Waals surface area contributed by atoms with Crippen molar-refractivity contribution in [1.29, 1.82) is 0 Å². The third-order valence-electron chi connectivity index (χ3n) is 5.90. The van der Waals surface area contributed by atoms with Crippen LogP contribution >= 0.6 is 0 Å². The zero-order chi connectivity index (χ0) is 20.6. The lowest BCUT2D eigenvalue weighted by Crippen LogP contribution is -2.38. The molecular weight excluding hydrogens is 376 g/mol. The summed E-state index contributed by atoms with van der Waals surface area (Å²) in [5.74, 6) is 1.81. The van der Waals surface area contributed by atoms with Gasteiger partial charge >= 0.3 is 0 Å². The number of rotatable bonds is 9. The fraction of sp³-hybridized carbons (Fsp3) is 0.522. The molecule has 0 aliphatic carbocycles. The van der Waals surface area contributed by atoms with E-state index in [1.54, 1.807) is 6.20 Å². The van der Waals surface area contributed by atoms with Crippen LogP contribution in [0.4, 0.5) is 11.8 Å². The molecule has 1 amide bonds. The van der Waals surface area contributed by atoms with Crippen LogP contribution in [-0.4, -0.2) is 64.4 Å². The van der Waals surface area contributed by atoms with Crippen molar-refractivity contribution in [2.75, 3.05) is 43.4 Å². The Bertz CT molecular complexity index is 806. The summed E-state index contributed by atoms with van der Waals surface area (Å²) in [6, 6.07) is 13.1. The minimum Gasteiger partial charge on any atom is -0.367 e. The molecule has 7 heteroatoms. The van der Waals surface area contributed by atoms with Crippen molar-refractivity contribution in [1.82, 2.24) is 19.8 Å². The molecule has 30 heavy (non-hydrogen) atoms. The molecule has 1 aromatic heterocycles. The highest BCUT2D eigenvalue weighted by molar-refractivity contribution is 5.78. The lowest BCUT2D eigenvalue weighted by molar-refractivity contribution is -0.127. The fourth-order valence-corrected chi connectivity index (χ4v) is 4.22. The first-order valence-electron chi connectivity index (χ1n) is 11.1. The van der Waals surface area contributed by atoms with Crippen LogP contribution in [0.1, 0.15) is 37.7 Å². The maximum atomic E-state index is 11.7. The van der Waals surface area contributed by atoms with Gasteiger partial charge < -0.3 is 15.5 Å². The quantitative estimate of drug-likeness (QED) is 0.622. The maximum absolute atomic E-state index is 11.7. The van der Waals surface area contributed by atoms with Crippen LogP contribution in [-0.2, 0) is 11.3 Å². The molecule has 2 fully saturated rings. The summed E-state index contributed by atoms with van der Waals surface area (Å²) in [6.45, 7) is 5.70. The number of amides is 1. The number of piperidine rings is 1. The molecule has 0 unspecified atom stereocenters. The minimum atomic E-state index is 0.285. The van der Waals surface area contributed by atoms with Crippen molar-refractivity contribution >= 4 is 17.7 Å². The molecule has 2 N–H and O–H groups in total. The molecule has 2 aliphatic rings. The number of anilines is 2. The highest BCUT2D eigenvalue weighted by atomic mass is 16.2. The van der Waals surface area contributed by atoms with Crippen molar-refractivity contribution in [3.05, 3.63) is 48.2 Å². The number of benzene rings is 1. The summed E-state index contributed by atoms with van der Waals surface area (Å²) >= 11 is 0. The fourth-order valence-electron chi connectivity index (χ4n) is 4.22. The summed E-state index contributed by atoms with van der Waals surface area (Å²) < 4.78 is 0. The van der Waals surface area contributed by atoms with Crippen molar-refractivity contribution in [3.63, 3.8) is 0 Å². The molecule has 0 atom stereocenters. The minimum absolute atomic E-state index is 0.285. The summed E-state index contributed by atoms with van der Waals surface area (Å²) in [7, 11) is 0. The van der Waals surface area contributed by atoms with Crippen LogP contribution in [0.5, 0.6) is 0 Å². The number of nitrogens with zero attached hydrogens (tertiary/aromatic N) is 4. The number of likely N-dealkylation sites (tertiary alicyclic amines) is 2. The first-order valence-corrected chi connectivity index (χ1v) is 11.1. The first kappa shape index (κ1) is 20.6. The van der Waals surface area contributed by atoms with Crippen LogP contribution in [0, 0.1) is 0 Å². The van der Waals surface area contributed by atoms with Gasteiger partial charge in [0.25, 0.3) is 0 Å². The summed E-state index contributed by atoms with van der Waals surface area (Å²) in [5, 5.41) is 6.86. The van der Waals surface area contributed by atoms with Crippen molar-refractivity contribution < 1.29 is 4.79 Å². The van der Waals surface area contributed by atoms with E-state index in [1.807, 2.05) is 11.0 Å². The molecule has 0 spiro atoms. The zero-order valence-electron chi connectivity index (χ0n) is 17.6. The van der Waals surface area contributed by atoms with Gasteiger partial charge in [0, 0.05) is 57.9 Å². The molecule has 7 nitrogen and oxygen atoms in total. The Morgan fingerprint density at radius 2 is 1.90 bits per heavy atom. The Morgan fingerprint density at radius 3 is 2.67 bits per heavy atom. The molecule has 0 radical (unpaired) electrons. The van der Waals surface area contributed by atoms with E-state index in [2.05, 4.69) is 55.8 Å². The number of hydrogen-bond acceptors (Lipinski definition) is 6. The van der Waals surface area contributed by atoms with Crippen molar-refractivity contribution in [2.24, 2.45) is 0 Å². The Kier molecular flexibility index (Phi) is 7.13. The SMILES string of the molecule is O=C1CCCN1CCCNc1nccc(NC2CCN(Cc3ccccc3)CC2)n1. The van der Waals surface area contributed by atoms with Crippen LogP contribution in [0.15, 0.2) is 42.6 Å². The third kappa shape index (κ3) is 5.92. The van der Waals surface area contributed by atoms with Gasteiger partial charge in [0.05, 0.1) is 0 Å². The zero-order valence-corrected chi connectivity index (χ0v) is 17.6. The predicted octanol–water partition coefficient (Wildman–Crippen LogP) is 2.98. The monoisotopic (exact) mass is 408 g/mol. The smallest absolute Gasteiger partial charge is 0.224 e. The Hall–Kier alpha value is -2.67.